The molecular formula is C20H19NO4. The summed E-state index contributed by atoms with van der Waals surface area (Å²) in [5.74, 6) is 1.69. The molecule has 5 nitrogen and oxygen atoms in total. The highest BCUT2D eigenvalue weighted by molar-refractivity contribution is 5.99. The van der Waals surface area contributed by atoms with E-state index in [2.05, 4.69) is 5.32 Å². The third-order valence-corrected chi connectivity index (χ3v) is 4.61. The van der Waals surface area contributed by atoms with Crippen LogP contribution in [-0.2, 0) is 0 Å². The second-order valence-electron chi connectivity index (χ2n) is 6.12. The number of carbonyl (C=O) groups excluding carboxylic acids is 1. The standard InChI is InChI=1S/C20H19NO4/c1-12-15-11-13(23-2)7-8-18(15)25-19(12)20(22)21-16-9-10-24-17-6-4-3-5-14(16)17/h3-8,11,16H,9-10H2,1-2H3,(H,21,22)/t16-/m0/s1. The van der Waals surface area contributed by atoms with Gasteiger partial charge in [-0.15, -0.1) is 0 Å². The molecule has 2 heterocycles. The predicted octanol–water partition coefficient (Wildman–Crippen LogP) is 4.00. The number of aryl methyl sites for hydroxylation is 1. The quantitative estimate of drug-likeness (QED) is 0.785. The molecule has 25 heavy (non-hydrogen) atoms. The average Bonchev–Trinajstić information content (AvgIpc) is 2.98. The molecule has 1 amide bonds. The molecule has 3 aromatic rings. The second kappa shape index (κ2) is 6.16. The van der Waals surface area contributed by atoms with Crippen LogP contribution in [0.4, 0.5) is 0 Å². The van der Waals surface area contributed by atoms with E-state index >= 15 is 0 Å². The van der Waals surface area contributed by atoms with Crippen LogP contribution in [0.2, 0.25) is 0 Å². The van der Waals surface area contributed by atoms with Crippen LogP contribution in [0, 0.1) is 6.92 Å². The number of furan rings is 1. The summed E-state index contributed by atoms with van der Waals surface area (Å²) in [6.45, 7) is 2.47. The topological polar surface area (TPSA) is 60.7 Å². The summed E-state index contributed by atoms with van der Waals surface area (Å²) in [5.41, 5.74) is 2.49. The minimum atomic E-state index is -0.214. The molecule has 0 fully saturated rings. The summed E-state index contributed by atoms with van der Waals surface area (Å²) in [5, 5.41) is 3.96. The summed E-state index contributed by atoms with van der Waals surface area (Å²) in [6, 6.07) is 13.2. The van der Waals surface area contributed by atoms with Crippen LogP contribution in [0.15, 0.2) is 46.9 Å². The number of amides is 1. The van der Waals surface area contributed by atoms with Gasteiger partial charge in [-0.3, -0.25) is 4.79 Å². The maximum Gasteiger partial charge on any atom is 0.287 e. The molecule has 128 valence electrons. The zero-order valence-electron chi connectivity index (χ0n) is 14.2. The average molecular weight is 337 g/mol. The van der Waals surface area contributed by atoms with E-state index in [1.807, 2.05) is 49.4 Å². The van der Waals surface area contributed by atoms with Crippen molar-refractivity contribution in [1.82, 2.24) is 5.32 Å². The molecule has 0 unspecified atom stereocenters. The van der Waals surface area contributed by atoms with Crippen molar-refractivity contribution < 1.29 is 18.7 Å². The fourth-order valence-corrected chi connectivity index (χ4v) is 3.26. The molecule has 2 aromatic carbocycles. The lowest BCUT2D eigenvalue weighted by Gasteiger charge is -2.26. The number of hydrogen-bond acceptors (Lipinski definition) is 4. The van der Waals surface area contributed by atoms with Crippen molar-refractivity contribution in [2.75, 3.05) is 13.7 Å². The van der Waals surface area contributed by atoms with Crippen molar-refractivity contribution in [3.63, 3.8) is 0 Å². The summed E-state index contributed by atoms with van der Waals surface area (Å²) in [6.07, 6.45) is 0.732. The Balaban J connectivity index is 1.64. The van der Waals surface area contributed by atoms with E-state index in [1.165, 1.54) is 0 Å². The first-order valence-electron chi connectivity index (χ1n) is 8.27. The minimum Gasteiger partial charge on any atom is -0.497 e. The van der Waals surface area contributed by atoms with Gasteiger partial charge in [0.25, 0.3) is 5.91 Å². The van der Waals surface area contributed by atoms with Crippen molar-refractivity contribution >= 4 is 16.9 Å². The van der Waals surface area contributed by atoms with Crippen LogP contribution < -0.4 is 14.8 Å². The number of benzene rings is 2. The minimum absolute atomic E-state index is 0.0837. The molecule has 4 rings (SSSR count). The number of fused-ring (bicyclic) bond motifs is 2. The number of rotatable bonds is 3. The molecule has 1 aliphatic rings. The number of para-hydroxylation sites is 1. The smallest absolute Gasteiger partial charge is 0.287 e. The van der Waals surface area contributed by atoms with Crippen molar-refractivity contribution in [3.8, 4) is 11.5 Å². The Morgan fingerprint density at radius 2 is 2.08 bits per heavy atom. The van der Waals surface area contributed by atoms with Gasteiger partial charge in [-0.05, 0) is 31.2 Å². The Labute approximate surface area is 145 Å². The molecule has 1 aliphatic heterocycles. The SMILES string of the molecule is COc1ccc2oc(C(=O)N[C@H]3CCOc4ccccc43)c(C)c2c1. The van der Waals surface area contributed by atoms with Crippen LogP contribution >= 0.6 is 0 Å². The van der Waals surface area contributed by atoms with E-state index in [0.717, 1.165) is 34.4 Å². The zero-order valence-corrected chi connectivity index (χ0v) is 14.2. The zero-order chi connectivity index (χ0) is 17.4. The largest absolute Gasteiger partial charge is 0.497 e. The van der Waals surface area contributed by atoms with Gasteiger partial charge in [0, 0.05) is 22.9 Å². The fourth-order valence-electron chi connectivity index (χ4n) is 3.26. The third kappa shape index (κ3) is 2.71. The highest BCUT2D eigenvalue weighted by Crippen LogP contribution is 2.33. The van der Waals surface area contributed by atoms with Gasteiger partial charge in [0.2, 0.25) is 0 Å². The Kier molecular flexibility index (Phi) is 3.84. The summed E-state index contributed by atoms with van der Waals surface area (Å²) in [7, 11) is 1.62. The Hall–Kier alpha value is -2.95. The molecule has 0 bridgehead atoms. The monoisotopic (exact) mass is 337 g/mol. The molecule has 0 saturated carbocycles. The molecule has 0 aliphatic carbocycles. The lowest BCUT2D eigenvalue weighted by atomic mass is 10.0. The van der Waals surface area contributed by atoms with E-state index in [4.69, 9.17) is 13.9 Å². The van der Waals surface area contributed by atoms with E-state index in [9.17, 15) is 4.79 Å². The van der Waals surface area contributed by atoms with Gasteiger partial charge in [-0.1, -0.05) is 18.2 Å². The summed E-state index contributed by atoms with van der Waals surface area (Å²) < 4.78 is 16.7. The maximum absolute atomic E-state index is 12.8. The molecule has 0 radical (unpaired) electrons. The first-order valence-corrected chi connectivity index (χ1v) is 8.27. The van der Waals surface area contributed by atoms with Gasteiger partial charge in [0.1, 0.15) is 17.1 Å². The van der Waals surface area contributed by atoms with E-state index < -0.39 is 0 Å². The normalized spacial score (nSPS) is 16.2. The van der Waals surface area contributed by atoms with Crippen LogP contribution in [-0.4, -0.2) is 19.6 Å². The molecule has 5 heteroatoms. The van der Waals surface area contributed by atoms with Crippen LogP contribution in [0.5, 0.6) is 11.5 Å². The van der Waals surface area contributed by atoms with Crippen molar-refractivity contribution in [2.45, 2.75) is 19.4 Å². The first-order chi connectivity index (χ1) is 12.2. The van der Waals surface area contributed by atoms with Crippen molar-refractivity contribution in [2.24, 2.45) is 0 Å². The van der Waals surface area contributed by atoms with Crippen LogP contribution in [0.1, 0.15) is 34.1 Å². The summed E-state index contributed by atoms with van der Waals surface area (Å²) in [4.78, 5) is 12.8. The number of hydrogen-bond donors (Lipinski definition) is 1. The van der Waals surface area contributed by atoms with E-state index in [-0.39, 0.29) is 11.9 Å². The summed E-state index contributed by atoms with van der Waals surface area (Å²) >= 11 is 0. The highest BCUT2D eigenvalue weighted by atomic mass is 16.5. The number of methoxy groups -OCH3 is 1. The number of ether oxygens (including phenoxy) is 2. The molecule has 1 atom stereocenters. The highest BCUT2D eigenvalue weighted by Gasteiger charge is 2.25. The predicted molar refractivity (Wildman–Crippen MR) is 94.3 cm³/mol. The molecule has 0 spiro atoms. The molecule has 0 saturated heterocycles. The van der Waals surface area contributed by atoms with Gasteiger partial charge < -0.3 is 19.2 Å². The Morgan fingerprint density at radius 3 is 2.92 bits per heavy atom. The van der Waals surface area contributed by atoms with Gasteiger partial charge in [-0.2, -0.15) is 0 Å². The van der Waals surface area contributed by atoms with Crippen molar-refractivity contribution in [3.05, 3.63) is 59.4 Å². The second-order valence-corrected chi connectivity index (χ2v) is 6.12. The molecular weight excluding hydrogens is 318 g/mol. The number of carbonyl (C=O) groups is 1. The van der Waals surface area contributed by atoms with Gasteiger partial charge in [0.05, 0.1) is 19.8 Å². The lowest BCUT2D eigenvalue weighted by molar-refractivity contribution is 0.0898. The Morgan fingerprint density at radius 1 is 1.24 bits per heavy atom. The van der Waals surface area contributed by atoms with Gasteiger partial charge in [-0.25, -0.2) is 0 Å². The molecule has 1 N–H and O–H groups in total. The van der Waals surface area contributed by atoms with Gasteiger partial charge >= 0.3 is 0 Å². The third-order valence-electron chi connectivity index (χ3n) is 4.61. The van der Waals surface area contributed by atoms with Crippen molar-refractivity contribution in [1.29, 1.82) is 0 Å². The maximum atomic E-state index is 12.8. The van der Waals surface area contributed by atoms with Crippen LogP contribution in [0.25, 0.3) is 11.0 Å². The lowest BCUT2D eigenvalue weighted by Crippen LogP contribution is -2.32. The van der Waals surface area contributed by atoms with Gasteiger partial charge in [0.15, 0.2) is 5.76 Å². The molecule has 1 aromatic heterocycles. The first kappa shape index (κ1) is 15.6. The van der Waals surface area contributed by atoms with E-state index in [0.29, 0.717) is 18.0 Å². The van der Waals surface area contributed by atoms with Crippen LogP contribution in [0.3, 0.4) is 0 Å². The Bertz CT molecular complexity index is 944. The fraction of sp³-hybridized carbons (Fsp3) is 0.250. The number of nitrogens with one attached hydrogen (secondary N) is 1. The van der Waals surface area contributed by atoms with E-state index in [1.54, 1.807) is 7.11 Å².